The zero-order chi connectivity index (χ0) is 16.5. The minimum absolute atomic E-state index is 0.00417. The highest BCUT2D eigenvalue weighted by Crippen LogP contribution is 2.32. The minimum Gasteiger partial charge on any atom is -0.380 e. The van der Waals surface area contributed by atoms with Crippen molar-refractivity contribution >= 4 is 16.8 Å². The molecule has 1 amide bonds. The maximum absolute atomic E-state index is 13.0. The van der Waals surface area contributed by atoms with Gasteiger partial charge in [0.25, 0.3) is 5.91 Å². The third-order valence-electron chi connectivity index (χ3n) is 4.51. The molecular formula is C18H18N4O2. The van der Waals surface area contributed by atoms with Crippen LogP contribution in [0.25, 0.3) is 10.9 Å². The summed E-state index contributed by atoms with van der Waals surface area (Å²) in [6.07, 6.45) is 4.20. The topological polar surface area (TPSA) is 71.1 Å². The Bertz CT molecular complexity index is 862. The van der Waals surface area contributed by atoms with Gasteiger partial charge in [0, 0.05) is 37.9 Å². The number of aromatic amines is 1. The van der Waals surface area contributed by atoms with Crippen molar-refractivity contribution in [2.75, 3.05) is 13.7 Å². The highest BCUT2D eigenvalue weighted by Gasteiger charge is 2.38. The number of methoxy groups -OCH3 is 1. The molecule has 6 nitrogen and oxygen atoms in total. The molecule has 3 heterocycles. The van der Waals surface area contributed by atoms with Crippen LogP contribution >= 0.6 is 0 Å². The number of nitrogens with zero attached hydrogens (tertiary/aromatic N) is 3. The summed E-state index contributed by atoms with van der Waals surface area (Å²) in [5, 5.41) is 1.02. The number of hydrogen-bond acceptors (Lipinski definition) is 4. The number of rotatable bonds is 3. The van der Waals surface area contributed by atoms with E-state index in [0.29, 0.717) is 12.2 Å². The monoisotopic (exact) mass is 322 g/mol. The van der Waals surface area contributed by atoms with Gasteiger partial charge in [-0.05, 0) is 12.1 Å². The van der Waals surface area contributed by atoms with E-state index in [-0.39, 0.29) is 18.1 Å². The number of likely N-dealkylation sites (tertiary alicyclic amines) is 1. The molecule has 1 aromatic carbocycles. The van der Waals surface area contributed by atoms with Gasteiger partial charge in [0.2, 0.25) is 0 Å². The lowest BCUT2D eigenvalue weighted by molar-refractivity contribution is 0.0679. The van der Waals surface area contributed by atoms with Gasteiger partial charge in [-0.25, -0.2) is 9.97 Å². The number of benzene rings is 1. The van der Waals surface area contributed by atoms with E-state index >= 15 is 0 Å². The fraction of sp³-hybridized carbons (Fsp3) is 0.278. The van der Waals surface area contributed by atoms with Crippen molar-refractivity contribution in [3.63, 3.8) is 0 Å². The number of imidazole rings is 1. The molecule has 2 atom stereocenters. The number of aromatic nitrogens is 3. The van der Waals surface area contributed by atoms with Crippen LogP contribution in [0.1, 0.15) is 28.8 Å². The molecule has 0 spiro atoms. The lowest BCUT2D eigenvalue weighted by Gasteiger charge is -2.22. The Balaban J connectivity index is 1.67. The number of carbonyl (C=O) groups excluding carboxylic acids is 1. The van der Waals surface area contributed by atoms with Crippen LogP contribution < -0.4 is 0 Å². The SMILES string of the molecule is CO[C@@H]1CC(c2ncc[nH]2)N(C(=O)c2ccc3ccccc3n2)C1. The number of pyridine rings is 1. The molecule has 0 radical (unpaired) electrons. The van der Waals surface area contributed by atoms with E-state index in [1.54, 1.807) is 30.5 Å². The number of nitrogens with one attached hydrogen (secondary N) is 1. The molecule has 0 aliphatic carbocycles. The van der Waals surface area contributed by atoms with Crippen LogP contribution in [0.3, 0.4) is 0 Å². The Labute approximate surface area is 139 Å². The molecule has 1 aliphatic rings. The molecule has 4 rings (SSSR count). The summed E-state index contributed by atoms with van der Waals surface area (Å²) in [5.74, 6) is 0.686. The first-order valence-electron chi connectivity index (χ1n) is 7.95. The van der Waals surface area contributed by atoms with Crippen molar-refractivity contribution in [1.29, 1.82) is 0 Å². The van der Waals surface area contributed by atoms with E-state index in [0.717, 1.165) is 23.1 Å². The smallest absolute Gasteiger partial charge is 0.273 e. The molecule has 1 aliphatic heterocycles. The van der Waals surface area contributed by atoms with Crippen LogP contribution in [0.5, 0.6) is 0 Å². The van der Waals surface area contributed by atoms with E-state index < -0.39 is 0 Å². The molecule has 0 saturated carbocycles. The van der Waals surface area contributed by atoms with Gasteiger partial charge in [-0.1, -0.05) is 24.3 Å². The fourth-order valence-corrected chi connectivity index (χ4v) is 3.24. The van der Waals surface area contributed by atoms with Crippen molar-refractivity contribution in [3.05, 3.63) is 60.3 Å². The summed E-state index contributed by atoms with van der Waals surface area (Å²) < 4.78 is 5.47. The Morgan fingerprint density at radius 1 is 1.29 bits per heavy atom. The maximum Gasteiger partial charge on any atom is 0.273 e. The standard InChI is InChI=1S/C18H18N4O2/c1-24-13-10-16(17-19-8-9-20-17)22(11-13)18(23)15-7-6-12-4-2-3-5-14(12)21-15/h2-9,13,16H,10-11H2,1H3,(H,19,20)/t13-,16?/m1/s1. The molecule has 1 N–H and O–H groups in total. The number of hydrogen-bond donors (Lipinski definition) is 1. The largest absolute Gasteiger partial charge is 0.380 e. The van der Waals surface area contributed by atoms with Gasteiger partial charge in [0.15, 0.2) is 0 Å². The average Bonchev–Trinajstić information content (AvgIpc) is 3.29. The van der Waals surface area contributed by atoms with Gasteiger partial charge in [-0.15, -0.1) is 0 Å². The Morgan fingerprint density at radius 3 is 2.96 bits per heavy atom. The van der Waals surface area contributed by atoms with Crippen LogP contribution in [-0.2, 0) is 4.74 Å². The van der Waals surface area contributed by atoms with E-state index in [1.165, 1.54) is 0 Å². The summed E-state index contributed by atoms with van der Waals surface area (Å²) in [6.45, 7) is 0.537. The summed E-state index contributed by atoms with van der Waals surface area (Å²) in [7, 11) is 1.67. The van der Waals surface area contributed by atoms with Gasteiger partial charge in [0.1, 0.15) is 11.5 Å². The molecule has 3 aromatic rings. The number of fused-ring (bicyclic) bond motifs is 1. The third kappa shape index (κ3) is 2.55. The van der Waals surface area contributed by atoms with Gasteiger partial charge in [0.05, 0.1) is 17.7 Å². The molecule has 1 saturated heterocycles. The molecule has 2 aromatic heterocycles. The Morgan fingerprint density at radius 2 is 2.17 bits per heavy atom. The van der Waals surface area contributed by atoms with Crippen LogP contribution in [-0.4, -0.2) is 45.5 Å². The molecular weight excluding hydrogens is 304 g/mol. The van der Waals surface area contributed by atoms with Gasteiger partial charge < -0.3 is 14.6 Å². The first-order chi connectivity index (χ1) is 11.8. The maximum atomic E-state index is 13.0. The molecule has 1 fully saturated rings. The highest BCUT2D eigenvalue weighted by molar-refractivity contribution is 5.95. The Hall–Kier alpha value is -2.73. The lowest BCUT2D eigenvalue weighted by Crippen LogP contribution is -2.33. The second kappa shape index (κ2) is 6.05. The summed E-state index contributed by atoms with van der Waals surface area (Å²) in [4.78, 5) is 26.8. The summed E-state index contributed by atoms with van der Waals surface area (Å²) >= 11 is 0. The molecule has 1 unspecified atom stereocenters. The van der Waals surface area contributed by atoms with Crippen LogP contribution in [0, 0.1) is 0 Å². The quantitative estimate of drug-likeness (QED) is 0.804. The van der Waals surface area contributed by atoms with E-state index in [2.05, 4.69) is 15.0 Å². The molecule has 24 heavy (non-hydrogen) atoms. The van der Waals surface area contributed by atoms with E-state index in [4.69, 9.17) is 4.74 Å². The number of para-hydroxylation sites is 1. The van der Waals surface area contributed by atoms with E-state index in [1.807, 2.05) is 30.3 Å². The van der Waals surface area contributed by atoms with Crippen LogP contribution in [0.15, 0.2) is 48.8 Å². The lowest BCUT2D eigenvalue weighted by atomic mass is 10.1. The molecule has 0 bridgehead atoms. The second-order valence-electron chi connectivity index (χ2n) is 5.93. The number of H-pyrrole nitrogens is 1. The number of amides is 1. The zero-order valence-electron chi connectivity index (χ0n) is 13.3. The molecule has 6 heteroatoms. The first-order valence-corrected chi connectivity index (χ1v) is 7.95. The first kappa shape index (κ1) is 14.8. The number of carbonyl (C=O) groups is 1. The molecule has 122 valence electrons. The van der Waals surface area contributed by atoms with E-state index in [9.17, 15) is 4.79 Å². The van der Waals surface area contributed by atoms with Gasteiger partial charge >= 0.3 is 0 Å². The van der Waals surface area contributed by atoms with Crippen molar-refractivity contribution in [2.24, 2.45) is 0 Å². The Kier molecular flexibility index (Phi) is 3.74. The fourth-order valence-electron chi connectivity index (χ4n) is 3.24. The zero-order valence-corrected chi connectivity index (χ0v) is 13.3. The van der Waals surface area contributed by atoms with Crippen molar-refractivity contribution in [1.82, 2.24) is 19.9 Å². The third-order valence-corrected chi connectivity index (χ3v) is 4.51. The normalized spacial score (nSPS) is 20.6. The van der Waals surface area contributed by atoms with Crippen molar-refractivity contribution in [2.45, 2.75) is 18.6 Å². The minimum atomic E-state index is -0.120. The van der Waals surface area contributed by atoms with Crippen molar-refractivity contribution in [3.8, 4) is 0 Å². The predicted octanol–water partition coefficient (Wildman–Crippen LogP) is 2.56. The second-order valence-corrected chi connectivity index (χ2v) is 5.93. The van der Waals surface area contributed by atoms with Gasteiger partial charge in [-0.2, -0.15) is 0 Å². The summed E-state index contributed by atoms with van der Waals surface area (Å²) in [6, 6.07) is 11.4. The van der Waals surface area contributed by atoms with Crippen LogP contribution in [0.2, 0.25) is 0 Å². The highest BCUT2D eigenvalue weighted by atomic mass is 16.5. The predicted molar refractivity (Wildman–Crippen MR) is 89.5 cm³/mol. The van der Waals surface area contributed by atoms with Crippen LogP contribution in [0.4, 0.5) is 0 Å². The van der Waals surface area contributed by atoms with Crippen molar-refractivity contribution < 1.29 is 9.53 Å². The number of ether oxygens (including phenoxy) is 1. The van der Waals surface area contributed by atoms with Gasteiger partial charge in [-0.3, -0.25) is 4.79 Å². The summed E-state index contributed by atoms with van der Waals surface area (Å²) in [5.41, 5.74) is 1.27. The average molecular weight is 322 g/mol.